The van der Waals surface area contributed by atoms with Gasteiger partial charge >= 0.3 is 0 Å². The molecule has 0 spiro atoms. The minimum Gasteiger partial charge on any atom is -0.358 e. The maximum absolute atomic E-state index is 13.5. The molecule has 3 heterocycles. The first-order valence-electron chi connectivity index (χ1n) is 7.71. The Hall–Kier alpha value is -2.20. The zero-order valence-electron chi connectivity index (χ0n) is 12.3. The van der Waals surface area contributed by atoms with Gasteiger partial charge in [0.2, 0.25) is 0 Å². The van der Waals surface area contributed by atoms with E-state index in [-0.39, 0.29) is 5.82 Å². The summed E-state index contributed by atoms with van der Waals surface area (Å²) >= 11 is 0. The molecule has 0 fully saturated rings. The standard InChI is InChI=1S/C18H18FN3/c19-13-4-5-17-15(11-13)16-12-22(10-7-18(16)21-17)9-6-14-3-1-2-8-20-14/h1-5,8,11,21H,6-7,9-10,12H2. The van der Waals surface area contributed by atoms with Gasteiger partial charge in [0.25, 0.3) is 0 Å². The third kappa shape index (κ3) is 2.50. The van der Waals surface area contributed by atoms with E-state index in [0.717, 1.165) is 49.1 Å². The number of H-pyrrole nitrogens is 1. The second kappa shape index (κ2) is 5.54. The van der Waals surface area contributed by atoms with Crippen molar-refractivity contribution in [2.75, 3.05) is 13.1 Å². The predicted octanol–water partition coefficient (Wildman–Crippen LogP) is 3.30. The van der Waals surface area contributed by atoms with Gasteiger partial charge in [-0.05, 0) is 35.9 Å². The average molecular weight is 295 g/mol. The molecule has 4 rings (SSSR count). The molecule has 0 aliphatic carbocycles. The Morgan fingerprint density at radius 1 is 1.23 bits per heavy atom. The van der Waals surface area contributed by atoms with Crippen LogP contribution in [0.1, 0.15) is 17.0 Å². The van der Waals surface area contributed by atoms with Crippen molar-refractivity contribution in [3.05, 3.63) is 65.4 Å². The zero-order chi connectivity index (χ0) is 14.9. The SMILES string of the molecule is Fc1ccc2[nH]c3c(c2c1)CN(CCc1ccccn1)CC3. The smallest absolute Gasteiger partial charge is 0.123 e. The molecule has 1 N–H and O–H groups in total. The summed E-state index contributed by atoms with van der Waals surface area (Å²) in [5.74, 6) is -0.167. The van der Waals surface area contributed by atoms with Crippen LogP contribution in [-0.2, 0) is 19.4 Å². The van der Waals surface area contributed by atoms with E-state index >= 15 is 0 Å². The predicted molar refractivity (Wildman–Crippen MR) is 85.2 cm³/mol. The fourth-order valence-electron chi connectivity index (χ4n) is 3.25. The summed E-state index contributed by atoms with van der Waals surface area (Å²) in [4.78, 5) is 10.2. The lowest BCUT2D eigenvalue weighted by molar-refractivity contribution is 0.257. The van der Waals surface area contributed by atoms with Gasteiger partial charge in [-0.3, -0.25) is 9.88 Å². The Balaban J connectivity index is 1.53. The average Bonchev–Trinajstić information content (AvgIpc) is 2.91. The Kier molecular flexibility index (Phi) is 3.39. The molecule has 0 saturated carbocycles. The van der Waals surface area contributed by atoms with Crippen LogP contribution in [0.4, 0.5) is 4.39 Å². The van der Waals surface area contributed by atoms with E-state index in [1.54, 1.807) is 6.07 Å². The number of rotatable bonds is 3. The molecule has 4 heteroatoms. The molecule has 3 nitrogen and oxygen atoms in total. The van der Waals surface area contributed by atoms with Gasteiger partial charge in [-0.15, -0.1) is 0 Å². The van der Waals surface area contributed by atoms with Crippen molar-refractivity contribution in [3.8, 4) is 0 Å². The summed E-state index contributed by atoms with van der Waals surface area (Å²) in [6, 6.07) is 11.0. The molecule has 2 aromatic heterocycles. The Morgan fingerprint density at radius 2 is 2.18 bits per heavy atom. The summed E-state index contributed by atoms with van der Waals surface area (Å²) in [6.45, 7) is 2.90. The van der Waals surface area contributed by atoms with E-state index in [9.17, 15) is 4.39 Å². The Morgan fingerprint density at radius 3 is 3.05 bits per heavy atom. The number of halogens is 1. The number of pyridine rings is 1. The molecule has 0 atom stereocenters. The summed E-state index contributed by atoms with van der Waals surface area (Å²) in [6.07, 6.45) is 3.78. The van der Waals surface area contributed by atoms with Crippen LogP contribution in [0.15, 0.2) is 42.6 Å². The van der Waals surface area contributed by atoms with Crippen molar-refractivity contribution in [1.29, 1.82) is 0 Å². The van der Waals surface area contributed by atoms with Crippen molar-refractivity contribution in [1.82, 2.24) is 14.9 Å². The Bertz CT molecular complexity index is 795. The third-order valence-electron chi connectivity index (χ3n) is 4.43. The molecular formula is C18H18FN3. The highest BCUT2D eigenvalue weighted by Gasteiger charge is 2.20. The van der Waals surface area contributed by atoms with E-state index < -0.39 is 0 Å². The number of aromatic nitrogens is 2. The van der Waals surface area contributed by atoms with Crippen molar-refractivity contribution in [2.45, 2.75) is 19.4 Å². The quantitative estimate of drug-likeness (QED) is 0.804. The number of hydrogen-bond acceptors (Lipinski definition) is 2. The van der Waals surface area contributed by atoms with Gasteiger partial charge in [0.1, 0.15) is 5.82 Å². The third-order valence-corrected chi connectivity index (χ3v) is 4.43. The Labute approximate surface area is 128 Å². The summed E-state index contributed by atoms with van der Waals surface area (Å²) in [5.41, 5.74) is 4.67. The number of aromatic amines is 1. The molecule has 1 aliphatic heterocycles. The fraction of sp³-hybridized carbons (Fsp3) is 0.278. The van der Waals surface area contributed by atoms with Crippen LogP contribution in [0.2, 0.25) is 0 Å². The van der Waals surface area contributed by atoms with Gasteiger partial charge in [-0.2, -0.15) is 0 Å². The van der Waals surface area contributed by atoms with E-state index in [4.69, 9.17) is 0 Å². The summed E-state index contributed by atoms with van der Waals surface area (Å²) in [5, 5.41) is 1.03. The molecule has 1 aliphatic rings. The van der Waals surface area contributed by atoms with Crippen molar-refractivity contribution < 1.29 is 4.39 Å². The highest BCUT2D eigenvalue weighted by Crippen LogP contribution is 2.28. The van der Waals surface area contributed by atoms with Gasteiger partial charge in [-0.1, -0.05) is 6.07 Å². The van der Waals surface area contributed by atoms with Crippen LogP contribution < -0.4 is 0 Å². The molecule has 0 bridgehead atoms. The van der Waals surface area contributed by atoms with Crippen molar-refractivity contribution in [2.24, 2.45) is 0 Å². The van der Waals surface area contributed by atoms with Gasteiger partial charge < -0.3 is 4.98 Å². The fourth-order valence-corrected chi connectivity index (χ4v) is 3.25. The monoisotopic (exact) mass is 295 g/mol. The lowest BCUT2D eigenvalue weighted by Gasteiger charge is -2.26. The van der Waals surface area contributed by atoms with Crippen LogP contribution in [0.3, 0.4) is 0 Å². The molecule has 0 saturated heterocycles. The minimum atomic E-state index is -0.167. The highest BCUT2D eigenvalue weighted by atomic mass is 19.1. The van der Waals surface area contributed by atoms with Gasteiger partial charge in [0.15, 0.2) is 0 Å². The van der Waals surface area contributed by atoms with E-state index in [0.29, 0.717) is 0 Å². The first-order valence-corrected chi connectivity index (χ1v) is 7.71. The number of nitrogens with zero attached hydrogens (tertiary/aromatic N) is 2. The number of benzene rings is 1. The summed E-state index contributed by atoms with van der Waals surface area (Å²) < 4.78 is 13.5. The van der Waals surface area contributed by atoms with Crippen molar-refractivity contribution >= 4 is 10.9 Å². The minimum absolute atomic E-state index is 0.167. The maximum Gasteiger partial charge on any atom is 0.123 e. The van der Waals surface area contributed by atoms with Crippen LogP contribution in [0.25, 0.3) is 10.9 Å². The van der Waals surface area contributed by atoms with Gasteiger partial charge in [0, 0.05) is 61.0 Å². The molecule has 0 unspecified atom stereocenters. The molecule has 112 valence electrons. The van der Waals surface area contributed by atoms with E-state index in [2.05, 4.69) is 20.9 Å². The van der Waals surface area contributed by atoms with Gasteiger partial charge in [-0.25, -0.2) is 4.39 Å². The van der Waals surface area contributed by atoms with Crippen LogP contribution in [-0.4, -0.2) is 28.0 Å². The summed E-state index contributed by atoms with van der Waals surface area (Å²) in [7, 11) is 0. The first kappa shape index (κ1) is 13.5. The van der Waals surface area contributed by atoms with Crippen LogP contribution >= 0.6 is 0 Å². The maximum atomic E-state index is 13.5. The zero-order valence-corrected chi connectivity index (χ0v) is 12.3. The molecule has 3 aromatic rings. The largest absolute Gasteiger partial charge is 0.358 e. The number of nitrogens with one attached hydrogen (secondary N) is 1. The number of hydrogen-bond donors (Lipinski definition) is 1. The molecular weight excluding hydrogens is 277 g/mol. The molecule has 0 amide bonds. The second-order valence-corrected chi connectivity index (χ2v) is 5.87. The highest BCUT2D eigenvalue weighted by molar-refractivity contribution is 5.84. The van der Waals surface area contributed by atoms with E-state index in [1.165, 1.54) is 17.3 Å². The van der Waals surface area contributed by atoms with Gasteiger partial charge in [0.05, 0.1) is 0 Å². The van der Waals surface area contributed by atoms with Crippen LogP contribution in [0.5, 0.6) is 0 Å². The first-order chi connectivity index (χ1) is 10.8. The number of fused-ring (bicyclic) bond motifs is 3. The molecule has 1 aromatic carbocycles. The molecule has 22 heavy (non-hydrogen) atoms. The lowest BCUT2D eigenvalue weighted by atomic mass is 10.0. The second-order valence-electron chi connectivity index (χ2n) is 5.87. The topological polar surface area (TPSA) is 31.9 Å². The van der Waals surface area contributed by atoms with E-state index in [1.807, 2.05) is 24.4 Å². The van der Waals surface area contributed by atoms with Crippen molar-refractivity contribution in [3.63, 3.8) is 0 Å². The van der Waals surface area contributed by atoms with Crippen LogP contribution in [0, 0.1) is 5.82 Å². The normalized spacial score (nSPS) is 15.1. The lowest BCUT2D eigenvalue weighted by Crippen LogP contribution is -2.32. The molecule has 0 radical (unpaired) electrons.